The molecule has 0 atom stereocenters. The molecule has 0 saturated heterocycles. The van der Waals surface area contributed by atoms with Crippen LogP contribution >= 0.6 is 11.6 Å². The van der Waals surface area contributed by atoms with Crippen molar-refractivity contribution in [2.24, 2.45) is 11.7 Å². The minimum atomic E-state index is 0.407. The van der Waals surface area contributed by atoms with Gasteiger partial charge in [-0.25, -0.2) is 0 Å². The summed E-state index contributed by atoms with van der Waals surface area (Å²) in [4.78, 5) is 4.33. The summed E-state index contributed by atoms with van der Waals surface area (Å²) in [5.41, 5.74) is 7.84. The van der Waals surface area contributed by atoms with Crippen LogP contribution in [-0.2, 0) is 0 Å². The first kappa shape index (κ1) is 11.8. The molecule has 0 unspecified atom stereocenters. The summed E-state index contributed by atoms with van der Waals surface area (Å²) in [5.74, 6) is 0.704. The number of nitrogens with one attached hydrogen (secondary N) is 1. The lowest BCUT2D eigenvalue weighted by molar-refractivity contribution is 0.280. The molecular formula is C14H16ClN3. The third-order valence-corrected chi connectivity index (χ3v) is 3.79. The van der Waals surface area contributed by atoms with Crippen molar-refractivity contribution in [3.8, 4) is 0 Å². The summed E-state index contributed by atoms with van der Waals surface area (Å²) in [6.07, 6.45) is 4.07. The summed E-state index contributed by atoms with van der Waals surface area (Å²) in [6.45, 7) is 0.982. The number of benzene rings is 1. The first-order valence-electron chi connectivity index (χ1n) is 6.26. The molecule has 1 fully saturated rings. The van der Waals surface area contributed by atoms with Gasteiger partial charge in [0.1, 0.15) is 0 Å². The van der Waals surface area contributed by atoms with E-state index in [0.717, 1.165) is 41.0 Å². The Balaban J connectivity index is 1.79. The lowest BCUT2D eigenvalue weighted by Gasteiger charge is -2.32. The Hall–Kier alpha value is -1.32. The van der Waals surface area contributed by atoms with Gasteiger partial charge in [0.05, 0.1) is 5.52 Å². The molecular weight excluding hydrogens is 246 g/mol. The van der Waals surface area contributed by atoms with Crippen LogP contribution < -0.4 is 11.1 Å². The van der Waals surface area contributed by atoms with Gasteiger partial charge in [-0.3, -0.25) is 4.98 Å². The van der Waals surface area contributed by atoms with Crippen LogP contribution in [0.25, 0.3) is 10.9 Å². The topological polar surface area (TPSA) is 50.9 Å². The van der Waals surface area contributed by atoms with E-state index in [9.17, 15) is 0 Å². The number of hydrogen-bond donors (Lipinski definition) is 2. The summed E-state index contributed by atoms with van der Waals surface area (Å²) in [5, 5.41) is 5.33. The van der Waals surface area contributed by atoms with Gasteiger partial charge in [-0.15, -0.1) is 0 Å². The van der Waals surface area contributed by atoms with Crippen LogP contribution in [0.5, 0.6) is 0 Å². The summed E-state index contributed by atoms with van der Waals surface area (Å²) in [7, 11) is 0. The van der Waals surface area contributed by atoms with E-state index in [1.165, 1.54) is 0 Å². The van der Waals surface area contributed by atoms with Crippen molar-refractivity contribution in [1.82, 2.24) is 4.98 Å². The Labute approximate surface area is 111 Å². The number of hydrogen-bond acceptors (Lipinski definition) is 3. The van der Waals surface area contributed by atoms with E-state index in [2.05, 4.69) is 10.3 Å². The van der Waals surface area contributed by atoms with Gasteiger partial charge in [0.2, 0.25) is 0 Å². The van der Waals surface area contributed by atoms with Crippen LogP contribution in [0.1, 0.15) is 12.8 Å². The highest BCUT2D eigenvalue weighted by atomic mass is 35.5. The predicted molar refractivity (Wildman–Crippen MR) is 75.9 cm³/mol. The van der Waals surface area contributed by atoms with Gasteiger partial charge in [-0.1, -0.05) is 11.6 Å². The first-order chi connectivity index (χ1) is 8.72. The monoisotopic (exact) mass is 261 g/mol. The van der Waals surface area contributed by atoms with Gasteiger partial charge in [0, 0.05) is 34.9 Å². The van der Waals surface area contributed by atoms with Gasteiger partial charge < -0.3 is 11.1 Å². The maximum absolute atomic E-state index is 5.97. The van der Waals surface area contributed by atoms with E-state index in [1.807, 2.05) is 30.5 Å². The fraction of sp³-hybridized carbons (Fsp3) is 0.357. The minimum Gasteiger partial charge on any atom is -0.384 e. The quantitative estimate of drug-likeness (QED) is 0.893. The predicted octanol–water partition coefficient (Wildman–Crippen LogP) is 3.04. The molecule has 3 rings (SSSR count). The van der Waals surface area contributed by atoms with E-state index in [0.29, 0.717) is 12.0 Å². The van der Waals surface area contributed by atoms with Gasteiger partial charge in [-0.05, 0) is 43.0 Å². The Bertz CT molecular complexity index is 564. The Morgan fingerprint density at radius 2 is 2.17 bits per heavy atom. The molecule has 1 aliphatic rings. The molecule has 1 aromatic carbocycles. The van der Waals surface area contributed by atoms with Crippen molar-refractivity contribution in [1.29, 1.82) is 0 Å². The van der Waals surface area contributed by atoms with Crippen LogP contribution in [-0.4, -0.2) is 17.6 Å². The molecule has 1 aliphatic carbocycles. The number of pyridine rings is 1. The number of halogens is 1. The number of aromatic nitrogens is 1. The minimum absolute atomic E-state index is 0.407. The highest BCUT2D eigenvalue weighted by Gasteiger charge is 2.25. The maximum atomic E-state index is 5.97. The molecule has 4 heteroatoms. The Kier molecular flexibility index (Phi) is 3.10. The van der Waals surface area contributed by atoms with E-state index in [4.69, 9.17) is 17.3 Å². The number of rotatable bonds is 3. The summed E-state index contributed by atoms with van der Waals surface area (Å²) < 4.78 is 0. The van der Waals surface area contributed by atoms with E-state index < -0.39 is 0 Å². The van der Waals surface area contributed by atoms with Crippen LogP contribution in [0, 0.1) is 5.92 Å². The fourth-order valence-electron chi connectivity index (χ4n) is 2.48. The molecule has 94 valence electrons. The summed E-state index contributed by atoms with van der Waals surface area (Å²) >= 11 is 5.97. The molecule has 0 amide bonds. The lowest BCUT2D eigenvalue weighted by atomic mass is 9.81. The van der Waals surface area contributed by atoms with Gasteiger partial charge in [0.15, 0.2) is 0 Å². The zero-order valence-electron chi connectivity index (χ0n) is 10.1. The molecule has 0 spiro atoms. The van der Waals surface area contributed by atoms with Gasteiger partial charge in [0.25, 0.3) is 0 Å². The number of fused-ring (bicyclic) bond motifs is 1. The highest BCUT2D eigenvalue weighted by Crippen LogP contribution is 2.28. The zero-order chi connectivity index (χ0) is 12.5. The van der Waals surface area contributed by atoms with Crippen molar-refractivity contribution in [2.75, 3.05) is 11.9 Å². The van der Waals surface area contributed by atoms with E-state index in [-0.39, 0.29) is 0 Å². The smallest absolute Gasteiger partial charge is 0.0737 e. The molecule has 2 aromatic rings. The van der Waals surface area contributed by atoms with E-state index in [1.54, 1.807) is 0 Å². The highest BCUT2D eigenvalue weighted by molar-refractivity contribution is 6.31. The second-order valence-corrected chi connectivity index (χ2v) is 5.43. The zero-order valence-corrected chi connectivity index (χ0v) is 10.8. The third kappa shape index (κ3) is 2.28. The van der Waals surface area contributed by atoms with Crippen molar-refractivity contribution < 1.29 is 0 Å². The largest absolute Gasteiger partial charge is 0.384 e. The Morgan fingerprint density at radius 1 is 1.33 bits per heavy atom. The van der Waals surface area contributed by atoms with Gasteiger partial charge in [-0.2, -0.15) is 0 Å². The number of nitrogens with zero attached hydrogens (tertiary/aromatic N) is 1. The second kappa shape index (κ2) is 4.75. The maximum Gasteiger partial charge on any atom is 0.0737 e. The summed E-state index contributed by atoms with van der Waals surface area (Å²) in [6, 6.07) is 8.22. The van der Waals surface area contributed by atoms with Crippen LogP contribution in [0.15, 0.2) is 30.5 Å². The van der Waals surface area contributed by atoms with Crippen molar-refractivity contribution in [3.63, 3.8) is 0 Å². The van der Waals surface area contributed by atoms with Crippen LogP contribution in [0.3, 0.4) is 0 Å². The van der Waals surface area contributed by atoms with Crippen molar-refractivity contribution in [2.45, 2.75) is 18.9 Å². The normalized spacial score (nSPS) is 22.8. The Morgan fingerprint density at radius 3 is 2.94 bits per heavy atom. The van der Waals surface area contributed by atoms with Crippen molar-refractivity contribution >= 4 is 28.2 Å². The second-order valence-electron chi connectivity index (χ2n) is 5.00. The number of nitrogens with two attached hydrogens (primary N) is 1. The SMILES string of the molecule is NC1CC(CNc2ccnc3cc(Cl)ccc23)C1. The lowest BCUT2D eigenvalue weighted by Crippen LogP contribution is -2.39. The third-order valence-electron chi connectivity index (χ3n) is 3.56. The molecule has 18 heavy (non-hydrogen) atoms. The van der Waals surface area contributed by atoms with Crippen molar-refractivity contribution in [3.05, 3.63) is 35.5 Å². The van der Waals surface area contributed by atoms with Gasteiger partial charge >= 0.3 is 0 Å². The molecule has 3 N–H and O–H groups in total. The van der Waals surface area contributed by atoms with Crippen LogP contribution in [0.2, 0.25) is 5.02 Å². The first-order valence-corrected chi connectivity index (χ1v) is 6.64. The average Bonchev–Trinajstić information content (AvgIpc) is 2.32. The molecule has 1 saturated carbocycles. The molecule has 3 nitrogen and oxygen atoms in total. The average molecular weight is 262 g/mol. The molecule has 0 aliphatic heterocycles. The standard InChI is InChI=1S/C14H16ClN3/c15-10-1-2-12-13(3-4-17-14(12)7-10)18-8-9-5-11(16)6-9/h1-4,7,9,11H,5-6,8,16H2,(H,17,18). The molecule has 0 radical (unpaired) electrons. The molecule has 1 aromatic heterocycles. The number of anilines is 1. The molecule has 1 heterocycles. The van der Waals surface area contributed by atoms with E-state index >= 15 is 0 Å². The van der Waals surface area contributed by atoms with Crippen LogP contribution in [0.4, 0.5) is 5.69 Å². The molecule has 0 bridgehead atoms. The fourth-order valence-corrected chi connectivity index (χ4v) is 2.65.